The Balaban J connectivity index is 0.000000387. The lowest BCUT2D eigenvalue weighted by atomic mass is 10.1. The van der Waals surface area contributed by atoms with Crippen LogP contribution in [0.25, 0.3) is 6.08 Å². The molecule has 0 saturated carbocycles. The fourth-order valence-electron chi connectivity index (χ4n) is 5.79. The minimum atomic E-state index is -0.413. The number of carbonyl (C=O) groups is 5. The van der Waals surface area contributed by atoms with Gasteiger partial charge in [0.1, 0.15) is 35.6 Å². The van der Waals surface area contributed by atoms with Crippen molar-refractivity contribution in [3.8, 4) is 34.5 Å². The number of hydrogen-bond acceptors (Lipinski definition) is 13. The number of aryl methyl sites for hydroxylation is 1. The highest BCUT2D eigenvalue weighted by molar-refractivity contribution is 5.92. The third-order valence-electron chi connectivity index (χ3n) is 9.42. The summed E-state index contributed by atoms with van der Waals surface area (Å²) >= 11 is 0. The van der Waals surface area contributed by atoms with Gasteiger partial charge in [-0.15, -0.1) is 0 Å². The Morgan fingerprint density at radius 1 is 0.552 bits per heavy atom. The number of methoxy groups -OCH3 is 2. The monoisotopic (exact) mass is 922 g/mol. The van der Waals surface area contributed by atoms with Crippen molar-refractivity contribution >= 4 is 36.6 Å². The molecule has 67 heavy (non-hydrogen) atoms. The standard InChI is InChI=1S/C25H34O7.C21H24O4.C8H8O2/c1-3-24(27)31-17-11-7-5-9-15-29-22-14-13-21(20-26)19-23(22)30-16-10-6-8-12-18-32-25(28)4-2;1-5-7-16-13-17(9-11-19(16)23-4)21(22)25-20-14-18(24-12-6-2)10-8-15(20)3;1-10-8-4-2-7(6-9)3-5-8/h3-4,13-14,19-20H,1-2,5-12,15-18H2;5,7-11,13-14H,6,12H2,1-4H3;2-6H,1H3/b;7-5+;. The Kier molecular flexibility index (Phi) is 28.6. The topological polar surface area (TPSA) is 159 Å². The largest absolute Gasteiger partial charge is 0.497 e. The lowest BCUT2D eigenvalue weighted by Crippen LogP contribution is -2.10. The predicted octanol–water partition coefficient (Wildman–Crippen LogP) is 11.4. The van der Waals surface area contributed by atoms with Crippen LogP contribution in [0.5, 0.6) is 34.5 Å². The molecule has 13 heteroatoms. The molecule has 0 heterocycles. The van der Waals surface area contributed by atoms with Gasteiger partial charge in [-0.05, 0) is 144 Å². The van der Waals surface area contributed by atoms with E-state index in [9.17, 15) is 24.0 Å². The maximum absolute atomic E-state index is 12.5. The molecule has 0 aliphatic rings. The van der Waals surface area contributed by atoms with Gasteiger partial charge in [0.2, 0.25) is 0 Å². The molecule has 0 fully saturated rings. The number of benzene rings is 4. The quantitative estimate of drug-likeness (QED) is 0.0174. The van der Waals surface area contributed by atoms with Crippen LogP contribution >= 0.6 is 0 Å². The van der Waals surface area contributed by atoms with Gasteiger partial charge >= 0.3 is 17.9 Å². The summed E-state index contributed by atoms with van der Waals surface area (Å²) in [5, 5.41) is 0. The molecule has 0 unspecified atom stereocenters. The van der Waals surface area contributed by atoms with Gasteiger partial charge in [-0.1, -0.05) is 38.3 Å². The van der Waals surface area contributed by atoms with E-state index in [4.69, 9.17) is 37.9 Å². The van der Waals surface area contributed by atoms with Crippen LogP contribution in [0.3, 0.4) is 0 Å². The Bertz CT molecular complexity index is 2160. The fraction of sp³-hybridized carbons (Fsp3) is 0.352. The second-order valence-electron chi connectivity index (χ2n) is 14.6. The van der Waals surface area contributed by atoms with Gasteiger partial charge in [-0.2, -0.15) is 0 Å². The second-order valence-corrected chi connectivity index (χ2v) is 14.6. The zero-order valence-corrected chi connectivity index (χ0v) is 39.6. The summed E-state index contributed by atoms with van der Waals surface area (Å²) in [4.78, 5) is 55.7. The number of unbranched alkanes of at least 4 members (excludes halogenated alkanes) is 6. The third-order valence-corrected chi connectivity index (χ3v) is 9.42. The SMILES string of the molecule is C/C=C/c1cc(C(=O)Oc2cc(OCCC)ccc2C)ccc1OC.C=CC(=O)OCCCCCCOc1ccc(C=O)cc1OCCCCCCOC(=O)C=C.COc1ccc(C=O)cc1. The number of allylic oxidation sites excluding steroid dienone is 1. The van der Waals surface area contributed by atoms with Gasteiger partial charge in [0.15, 0.2) is 11.5 Å². The van der Waals surface area contributed by atoms with Crippen molar-refractivity contribution in [3.05, 3.63) is 138 Å². The highest BCUT2D eigenvalue weighted by Gasteiger charge is 2.14. The van der Waals surface area contributed by atoms with E-state index in [0.29, 0.717) is 78.5 Å². The highest BCUT2D eigenvalue weighted by atomic mass is 16.5. The van der Waals surface area contributed by atoms with Crippen LogP contribution in [-0.2, 0) is 19.1 Å². The fourth-order valence-corrected chi connectivity index (χ4v) is 5.79. The van der Waals surface area contributed by atoms with Gasteiger partial charge in [-0.3, -0.25) is 9.59 Å². The number of aldehydes is 2. The summed E-state index contributed by atoms with van der Waals surface area (Å²) < 4.78 is 42.9. The lowest BCUT2D eigenvalue weighted by Gasteiger charge is -2.13. The van der Waals surface area contributed by atoms with Crippen LogP contribution < -0.4 is 28.4 Å². The van der Waals surface area contributed by atoms with E-state index in [1.807, 2.05) is 45.1 Å². The van der Waals surface area contributed by atoms with Gasteiger partial charge in [-0.25, -0.2) is 14.4 Å². The number of carbonyl (C=O) groups excluding carboxylic acids is 5. The maximum atomic E-state index is 12.5. The molecule has 4 aromatic carbocycles. The minimum absolute atomic E-state index is 0.394. The van der Waals surface area contributed by atoms with E-state index in [0.717, 1.165) is 99.4 Å². The van der Waals surface area contributed by atoms with Crippen molar-refractivity contribution in [1.29, 1.82) is 0 Å². The molecule has 360 valence electrons. The number of hydrogen-bond donors (Lipinski definition) is 0. The summed E-state index contributed by atoms with van der Waals surface area (Å²) in [5.41, 5.74) is 3.37. The number of rotatable bonds is 28. The van der Waals surface area contributed by atoms with E-state index in [1.165, 1.54) is 0 Å². The molecule has 0 atom stereocenters. The van der Waals surface area contributed by atoms with Crippen LogP contribution in [0.15, 0.2) is 110 Å². The lowest BCUT2D eigenvalue weighted by molar-refractivity contribution is -0.138. The van der Waals surface area contributed by atoms with Crippen LogP contribution in [0.1, 0.15) is 114 Å². The third kappa shape index (κ3) is 23.0. The molecular weight excluding hydrogens is 857 g/mol. The summed E-state index contributed by atoms with van der Waals surface area (Å²) in [6.45, 7) is 15.0. The van der Waals surface area contributed by atoms with Gasteiger partial charge < -0.3 is 37.9 Å². The van der Waals surface area contributed by atoms with Crippen molar-refractivity contribution in [3.63, 3.8) is 0 Å². The van der Waals surface area contributed by atoms with Crippen molar-refractivity contribution in [2.24, 2.45) is 0 Å². The molecule has 0 spiro atoms. The zero-order valence-electron chi connectivity index (χ0n) is 39.6. The van der Waals surface area contributed by atoms with E-state index >= 15 is 0 Å². The molecular formula is C54H66O13. The molecule has 0 saturated heterocycles. The van der Waals surface area contributed by atoms with E-state index in [1.54, 1.807) is 80.9 Å². The first kappa shape index (κ1) is 56.0. The summed E-state index contributed by atoms with van der Waals surface area (Å²) in [6, 6.07) is 22.8. The number of ether oxygens (including phenoxy) is 8. The molecule has 4 rings (SSSR count). The van der Waals surface area contributed by atoms with Crippen molar-refractivity contribution in [2.45, 2.75) is 78.6 Å². The first-order valence-electron chi connectivity index (χ1n) is 22.3. The molecule has 0 bridgehead atoms. The molecule has 0 N–H and O–H groups in total. The summed E-state index contributed by atoms with van der Waals surface area (Å²) in [6.07, 6.45) is 15.7. The maximum Gasteiger partial charge on any atom is 0.343 e. The molecule has 0 amide bonds. The predicted molar refractivity (Wildman–Crippen MR) is 260 cm³/mol. The molecule has 0 aliphatic heterocycles. The van der Waals surface area contributed by atoms with Gasteiger partial charge in [0, 0.05) is 34.9 Å². The van der Waals surface area contributed by atoms with Crippen LogP contribution in [0, 0.1) is 6.92 Å². The van der Waals surface area contributed by atoms with Crippen molar-refractivity contribution in [2.75, 3.05) is 47.3 Å². The Morgan fingerprint density at radius 3 is 1.64 bits per heavy atom. The van der Waals surface area contributed by atoms with E-state index in [-0.39, 0.29) is 0 Å². The number of esters is 3. The van der Waals surface area contributed by atoms with Crippen molar-refractivity contribution < 1.29 is 61.9 Å². The summed E-state index contributed by atoms with van der Waals surface area (Å²) in [5.74, 6) is 2.65. The molecule has 13 nitrogen and oxygen atoms in total. The zero-order chi connectivity index (χ0) is 49.1. The Labute approximate surface area is 395 Å². The van der Waals surface area contributed by atoms with Gasteiger partial charge in [0.25, 0.3) is 0 Å². The van der Waals surface area contributed by atoms with Crippen molar-refractivity contribution in [1.82, 2.24) is 0 Å². The average molecular weight is 923 g/mol. The second kappa shape index (κ2) is 34.2. The van der Waals surface area contributed by atoms with Gasteiger partial charge in [0.05, 0.1) is 52.8 Å². The molecule has 4 aromatic rings. The first-order chi connectivity index (χ1) is 32.5. The normalized spacial score (nSPS) is 10.2. The van der Waals surface area contributed by atoms with E-state index in [2.05, 4.69) is 13.2 Å². The first-order valence-corrected chi connectivity index (χ1v) is 22.3. The van der Waals surface area contributed by atoms with Crippen LogP contribution in [0.2, 0.25) is 0 Å². The van der Waals surface area contributed by atoms with Crippen LogP contribution in [0.4, 0.5) is 0 Å². The Morgan fingerprint density at radius 2 is 1.10 bits per heavy atom. The molecule has 0 aromatic heterocycles. The molecule has 0 radical (unpaired) electrons. The summed E-state index contributed by atoms with van der Waals surface area (Å²) in [7, 11) is 3.20. The highest BCUT2D eigenvalue weighted by Crippen LogP contribution is 2.29. The average Bonchev–Trinajstić information content (AvgIpc) is 3.36. The minimum Gasteiger partial charge on any atom is -0.497 e. The smallest absolute Gasteiger partial charge is 0.343 e. The van der Waals surface area contributed by atoms with E-state index < -0.39 is 17.9 Å². The molecule has 0 aliphatic carbocycles. The van der Waals surface area contributed by atoms with Crippen LogP contribution in [-0.4, -0.2) is 77.7 Å². The Hall–Kier alpha value is -7.15.